The fraction of sp³-hybridized carbons (Fsp3) is 0.316. The van der Waals surface area contributed by atoms with Crippen molar-refractivity contribution in [3.8, 4) is 11.5 Å². The molecule has 7 nitrogen and oxygen atoms in total. The number of likely N-dealkylation sites (N-methyl/N-ethyl adjacent to an activating group) is 1. The van der Waals surface area contributed by atoms with Gasteiger partial charge in [-0.2, -0.15) is 0 Å². The van der Waals surface area contributed by atoms with E-state index in [1.54, 1.807) is 44.4 Å². The number of hydrogen-bond donors (Lipinski definition) is 0. The topological polar surface area (TPSA) is 76.2 Å². The van der Waals surface area contributed by atoms with E-state index in [1.165, 1.54) is 31.3 Å². The molecule has 1 amide bonds. The highest BCUT2D eigenvalue weighted by molar-refractivity contribution is 7.92. The SMILES string of the molecule is COc1ccc(N(CC(=O)N(C)C)S(=O)(=O)c2ccc(C)cc2)c(OC)c1. The molecule has 0 aromatic heterocycles. The summed E-state index contributed by atoms with van der Waals surface area (Å²) in [5.41, 5.74) is 1.20. The van der Waals surface area contributed by atoms with Gasteiger partial charge in [-0.05, 0) is 31.2 Å². The Morgan fingerprint density at radius 2 is 1.63 bits per heavy atom. The van der Waals surface area contributed by atoms with E-state index in [-0.39, 0.29) is 28.8 Å². The van der Waals surface area contributed by atoms with Crippen molar-refractivity contribution in [2.45, 2.75) is 11.8 Å². The molecule has 0 fully saturated rings. The van der Waals surface area contributed by atoms with Crippen molar-refractivity contribution in [3.05, 3.63) is 48.0 Å². The van der Waals surface area contributed by atoms with Gasteiger partial charge in [0, 0.05) is 20.2 Å². The molecule has 0 atom stereocenters. The highest BCUT2D eigenvalue weighted by Crippen LogP contribution is 2.35. The summed E-state index contributed by atoms with van der Waals surface area (Å²) >= 11 is 0. The molecule has 0 radical (unpaired) electrons. The first-order valence-corrected chi connectivity index (χ1v) is 9.66. The molecule has 146 valence electrons. The number of carbonyl (C=O) groups is 1. The lowest BCUT2D eigenvalue weighted by atomic mass is 10.2. The standard InChI is InChI=1S/C19H24N2O5S/c1-14-6-9-16(10-7-14)27(23,24)21(13-19(22)20(2)3)17-11-8-15(25-4)12-18(17)26-5/h6-12H,13H2,1-5H3. The number of amides is 1. The van der Waals surface area contributed by atoms with Crippen LogP contribution in [0.5, 0.6) is 11.5 Å². The maximum Gasteiger partial charge on any atom is 0.264 e. The van der Waals surface area contributed by atoms with Crippen molar-refractivity contribution in [3.63, 3.8) is 0 Å². The summed E-state index contributed by atoms with van der Waals surface area (Å²) in [4.78, 5) is 13.8. The van der Waals surface area contributed by atoms with Gasteiger partial charge < -0.3 is 14.4 Å². The number of aryl methyl sites for hydroxylation is 1. The smallest absolute Gasteiger partial charge is 0.264 e. The predicted octanol–water partition coefficient (Wildman–Crippen LogP) is 2.30. The maximum absolute atomic E-state index is 13.3. The van der Waals surface area contributed by atoms with Gasteiger partial charge in [-0.3, -0.25) is 9.10 Å². The molecule has 0 aliphatic carbocycles. The van der Waals surface area contributed by atoms with Gasteiger partial charge in [0.25, 0.3) is 10.0 Å². The second-order valence-electron chi connectivity index (χ2n) is 6.15. The molecular formula is C19H24N2O5S. The number of rotatable bonds is 7. The third-order valence-corrected chi connectivity index (χ3v) is 5.82. The molecule has 2 aromatic carbocycles. The van der Waals surface area contributed by atoms with Crippen LogP contribution in [0.3, 0.4) is 0 Å². The third-order valence-electron chi connectivity index (χ3n) is 4.04. The lowest BCUT2D eigenvalue weighted by Crippen LogP contribution is -2.40. The van der Waals surface area contributed by atoms with E-state index in [1.807, 2.05) is 6.92 Å². The zero-order valence-corrected chi connectivity index (χ0v) is 16.9. The quantitative estimate of drug-likeness (QED) is 0.723. The predicted molar refractivity (Wildman–Crippen MR) is 104 cm³/mol. The number of methoxy groups -OCH3 is 2. The summed E-state index contributed by atoms with van der Waals surface area (Å²) in [5.74, 6) is 0.447. The van der Waals surface area contributed by atoms with Crippen LogP contribution in [-0.4, -0.2) is 54.1 Å². The number of nitrogens with zero attached hydrogens (tertiary/aromatic N) is 2. The summed E-state index contributed by atoms with van der Waals surface area (Å²) in [6.45, 7) is 1.52. The molecule has 0 bridgehead atoms. The Hall–Kier alpha value is -2.74. The Labute approximate surface area is 160 Å². The summed E-state index contributed by atoms with van der Waals surface area (Å²) < 4.78 is 38.2. The van der Waals surface area contributed by atoms with E-state index >= 15 is 0 Å². The molecule has 0 unspecified atom stereocenters. The Morgan fingerprint density at radius 3 is 2.15 bits per heavy atom. The summed E-state index contributed by atoms with van der Waals surface area (Å²) in [6, 6.07) is 11.2. The van der Waals surface area contributed by atoms with E-state index in [0.29, 0.717) is 5.75 Å². The van der Waals surface area contributed by atoms with Crippen LogP contribution in [0.15, 0.2) is 47.4 Å². The van der Waals surface area contributed by atoms with Crippen LogP contribution in [0.2, 0.25) is 0 Å². The first kappa shape index (κ1) is 20.6. The van der Waals surface area contributed by atoms with Crippen molar-refractivity contribution < 1.29 is 22.7 Å². The minimum absolute atomic E-state index is 0.0949. The largest absolute Gasteiger partial charge is 0.497 e. The summed E-state index contributed by atoms with van der Waals surface area (Å²) in [6.07, 6.45) is 0. The second-order valence-corrected chi connectivity index (χ2v) is 8.01. The zero-order valence-electron chi connectivity index (χ0n) is 16.1. The number of sulfonamides is 1. The molecule has 0 saturated carbocycles. The van der Waals surface area contributed by atoms with Crippen LogP contribution >= 0.6 is 0 Å². The fourth-order valence-electron chi connectivity index (χ4n) is 2.39. The average Bonchev–Trinajstić information content (AvgIpc) is 2.65. The second kappa shape index (κ2) is 8.30. The van der Waals surface area contributed by atoms with Crippen molar-refractivity contribution in [2.75, 3.05) is 39.2 Å². The van der Waals surface area contributed by atoms with Gasteiger partial charge in [0.05, 0.1) is 24.8 Å². The van der Waals surface area contributed by atoms with Gasteiger partial charge in [0.1, 0.15) is 18.0 Å². The highest BCUT2D eigenvalue weighted by Gasteiger charge is 2.30. The van der Waals surface area contributed by atoms with Crippen molar-refractivity contribution in [1.29, 1.82) is 0 Å². The molecule has 0 saturated heterocycles. The van der Waals surface area contributed by atoms with Gasteiger partial charge in [0.2, 0.25) is 5.91 Å². The van der Waals surface area contributed by atoms with Gasteiger partial charge in [0.15, 0.2) is 0 Å². The van der Waals surface area contributed by atoms with Crippen LogP contribution < -0.4 is 13.8 Å². The van der Waals surface area contributed by atoms with Crippen LogP contribution in [-0.2, 0) is 14.8 Å². The molecule has 2 aromatic rings. The lowest BCUT2D eigenvalue weighted by molar-refractivity contribution is -0.127. The minimum atomic E-state index is -3.99. The molecule has 0 N–H and O–H groups in total. The first-order valence-electron chi connectivity index (χ1n) is 8.22. The van der Waals surface area contributed by atoms with Gasteiger partial charge >= 0.3 is 0 Å². The van der Waals surface area contributed by atoms with Crippen LogP contribution in [0.25, 0.3) is 0 Å². The van der Waals surface area contributed by atoms with Gasteiger partial charge in [-0.1, -0.05) is 17.7 Å². The number of benzene rings is 2. The maximum atomic E-state index is 13.3. The van der Waals surface area contributed by atoms with Crippen molar-refractivity contribution in [2.24, 2.45) is 0 Å². The molecule has 8 heteroatoms. The molecule has 0 aliphatic rings. The molecule has 27 heavy (non-hydrogen) atoms. The van der Waals surface area contributed by atoms with Crippen molar-refractivity contribution >= 4 is 21.6 Å². The number of hydrogen-bond acceptors (Lipinski definition) is 5. The van der Waals surface area contributed by atoms with Crippen molar-refractivity contribution in [1.82, 2.24) is 4.90 Å². The number of anilines is 1. The Balaban J connectivity index is 2.61. The van der Waals surface area contributed by atoms with E-state index in [0.717, 1.165) is 9.87 Å². The monoisotopic (exact) mass is 392 g/mol. The Morgan fingerprint density at radius 1 is 1.00 bits per heavy atom. The lowest BCUT2D eigenvalue weighted by Gasteiger charge is -2.27. The molecule has 2 rings (SSSR count). The van der Waals surface area contributed by atoms with E-state index < -0.39 is 10.0 Å². The van der Waals surface area contributed by atoms with E-state index in [4.69, 9.17) is 9.47 Å². The fourth-order valence-corrected chi connectivity index (χ4v) is 3.82. The summed E-state index contributed by atoms with van der Waals surface area (Å²) in [5, 5.41) is 0. The molecule has 0 heterocycles. The highest BCUT2D eigenvalue weighted by atomic mass is 32.2. The minimum Gasteiger partial charge on any atom is -0.497 e. The van der Waals surface area contributed by atoms with E-state index in [2.05, 4.69) is 0 Å². The van der Waals surface area contributed by atoms with Crippen LogP contribution in [0.4, 0.5) is 5.69 Å². The normalized spacial score (nSPS) is 11.0. The number of ether oxygens (including phenoxy) is 2. The Kier molecular flexibility index (Phi) is 6.32. The Bertz CT molecular complexity index is 908. The first-order chi connectivity index (χ1) is 12.7. The molecule has 0 aliphatic heterocycles. The van der Waals surface area contributed by atoms with Crippen LogP contribution in [0.1, 0.15) is 5.56 Å². The number of carbonyl (C=O) groups excluding carboxylic acids is 1. The summed E-state index contributed by atoms with van der Waals surface area (Å²) in [7, 11) is 2.10. The van der Waals surface area contributed by atoms with Crippen LogP contribution in [0, 0.1) is 6.92 Å². The zero-order chi connectivity index (χ0) is 20.2. The van der Waals surface area contributed by atoms with E-state index in [9.17, 15) is 13.2 Å². The molecular weight excluding hydrogens is 368 g/mol. The van der Waals surface area contributed by atoms with Gasteiger partial charge in [-0.25, -0.2) is 8.42 Å². The van der Waals surface area contributed by atoms with Gasteiger partial charge in [-0.15, -0.1) is 0 Å². The average molecular weight is 392 g/mol. The molecule has 0 spiro atoms. The third kappa shape index (κ3) is 4.51.